The zero-order valence-electron chi connectivity index (χ0n) is 8.36. The highest BCUT2D eigenvalue weighted by Crippen LogP contribution is 2.05. The third-order valence-corrected chi connectivity index (χ3v) is 2.00. The van der Waals surface area contributed by atoms with Crippen LogP contribution in [0.4, 0.5) is 0 Å². The summed E-state index contributed by atoms with van der Waals surface area (Å²) in [6, 6.07) is 0. The highest BCUT2D eigenvalue weighted by Gasteiger charge is 2.12. The van der Waals surface area contributed by atoms with Gasteiger partial charge in [0, 0.05) is 20.3 Å². The number of hydrogen-bond donors (Lipinski definition) is 1. The van der Waals surface area contributed by atoms with Crippen molar-refractivity contribution in [2.75, 3.05) is 13.7 Å². The van der Waals surface area contributed by atoms with Gasteiger partial charge in [0.25, 0.3) is 0 Å². The summed E-state index contributed by atoms with van der Waals surface area (Å²) in [4.78, 5) is 14.7. The maximum atomic E-state index is 10.8. The Labute approximate surface area is 82.3 Å². The maximum Gasteiger partial charge on any atom is 0.354 e. The number of methoxy groups -OCH3 is 1. The summed E-state index contributed by atoms with van der Waals surface area (Å²) in [6.07, 6.45) is 2.17. The average Bonchev–Trinajstić information content (AvgIpc) is 2.48. The van der Waals surface area contributed by atoms with Crippen LogP contribution in [0, 0.1) is 6.92 Å². The first-order chi connectivity index (χ1) is 6.66. The van der Waals surface area contributed by atoms with Crippen LogP contribution in [-0.4, -0.2) is 34.3 Å². The Balaban J connectivity index is 2.72. The van der Waals surface area contributed by atoms with E-state index in [0.717, 1.165) is 12.2 Å². The average molecular weight is 198 g/mol. The molecule has 1 N–H and O–H groups in total. The summed E-state index contributed by atoms with van der Waals surface area (Å²) in [6.45, 7) is 3.04. The zero-order chi connectivity index (χ0) is 10.6. The van der Waals surface area contributed by atoms with Gasteiger partial charge in [0.05, 0.1) is 6.20 Å². The third-order valence-electron chi connectivity index (χ3n) is 2.00. The van der Waals surface area contributed by atoms with Crippen LogP contribution >= 0.6 is 0 Å². The lowest BCUT2D eigenvalue weighted by Crippen LogP contribution is -2.11. The monoisotopic (exact) mass is 198 g/mol. The van der Waals surface area contributed by atoms with Crippen LogP contribution in [0.2, 0.25) is 0 Å². The van der Waals surface area contributed by atoms with E-state index in [4.69, 9.17) is 9.84 Å². The summed E-state index contributed by atoms with van der Waals surface area (Å²) in [5, 5.41) is 8.84. The molecule has 0 unspecified atom stereocenters. The lowest BCUT2D eigenvalue weighted by atomic mass is 10.4. The Hall–Kier alpha value is -1.36. The molecule has 5 nitrogen and oxygen atoms in total. The van der Waals surface area contributed by atoms with Crippen molar-refractivity contribution in [1.29, 1.82) is 0 Å². The molecule has 1 heterocycles. The van der Waals surface area contributed by atoms with Gasteiger partial charge in [-0.05, 0) is 13.3 Å². The zero-order valence-corrected chi connectivity index (χ0v) is 8.36. The quantitative estimate of drug-likeness (QED) is 0.715. The second-order valence-electron chi connectivity index (χ2n) is 2.99. The van der Waals surface area contributed by atoms with Crippen molar-refractivity contribution in [3.8, 4) is 0 Å². The molecular formula is C9H14N2O3. The minimum Gasteiger partial charge on any atom is -0.477 e. The van der Waals surface area contributed by atoms with Gasteiger partial charge in [-0.2, -0.15) is 0 Å². The predicted octanol–water partition coefficient (Wildman–Crippen LogP) is 0.926. The Morgan fingerprint density at radius 3 is 3.00 bits per heavy atom. The number of hydrogen-bond acceptors (Lipinski definition) is 3. The normalized spacial score (nSPS) is 10.4. The standard InChI is InChI=1S/C9H14N2O3/c1-7-10-6-8(9(12)13)11(7)4-3-5-14-2/h6H,3-5H2,1-2H3,(H,12,13). The third kappa shape index (κ3) is 2.32. The largest absolute Gasteiger partial charge is 0.477 e. The highest BCUT2D eigenvalue weighted by molar-refractivity contribution is 5.85. The molecule has 0 aliphatic heterocycles. The molecule has 0 fully saturated rings. The van der Waals surface area contributed by atoms with Crippen molar-refractivity contribution in [2.24, 2.45) is 0 Å². The molecule has 1 aromatic rings. The van der Waals surface area contributed by atoms with Crippen LogP contribution in [0.5, 0.6) is 0 Å². The summed E-state index contributed by atoms with van der Waals surface area (Å²) in [5.74, 6) is -0.221. The van der Waals surface area contributed by atoms with E-state index >= 15 is 0 Å². The van der Waals surface area contributed by atoms with Gasteiger partial charge in [-0.3, -0.25) is 0 Å². The molecule has 0 saturated carbocycles. The van der Waals surface area contributed by atoms with E-state index in [1.165, 1.54) is 6.20 Å². The van der Waals surface area contributed by atoms with E-state index in [2.05, 4.69) is 4.98 Å². The smallest absolute Gasteiger partial charge is 0.354 e. The van der Waals surface area contributed by atoms with Gasteiger partial charge in [-0.25, -0.2) is 9.78 Å². The maximum absolute atomic E-state index is 10.8. The van der Waals surface area contributed by atoms with Crippen molar-refractivity contribution in [3.63, 3.8) is 0 Å². The summed E-state index contributed by atoms with van der Waals surface area (Å²) in [7, 11) is 1.62. The molecule has 78 valence electrons. The molecule has 0 bridgehead atoms. The van der Waals surface area contributed by atoms with Gasteiger partial charge in [0.15, 0.2) is 0 Å². The number of carboxylic acid groups (broad SMARTS) is 1. The van der Waals surface area contributed by atoms with E-state index < -0.39 is 5.97 Å². The van der Waals surface area contributed by atoms with Crippen molar-refractivity contribution in [2.45, 2.75) is 19.9 Å². The second-order valence-corrected chi connectivity index (χ2v) is 2.99. The molecule has 0 aliphatic rings. The van der Waals surface area contributed by atoms with Gasteiger partial charge < -0.3 is 14.4 Å². The molecule has 0 atom stereocenters. The van der Waals surface area contributed by atoms with E-state index in [0.29, 0.717) is 13.2 Å². The molecule has 0 radical (unpaired) electrons. The Morgan fingerprint density at radius 1 is 1.71 bits per heavy atom. The first-order valence-corrected chi connectivity index (χ1v) is 4.41. The van der Waals surface area contributed by atoms with Crippen LogP contribution in [0.25, 0.3) is 0 Å². The van der Waals surface area contributed by atoms with Crippen LogP contribution in [-0.2, 0) is 11.3 Å². The Kier molecular flexibility index (Phi) is 3.64. The molecular weight excluding hydrogens is 184 g/mol. The Morgan fingerprint density at radius 2 is 2.43 bits per heavy atom. The van der Waals surface area contributed by atoms with Crippen LogP contribution < -0.4 is 0 Å². The number of aryl methyl sites for hydroxylation is 1. The fourth-order valence-corrected chi connectivity index (χ4v) is 1.29. The molecule has 5 heteroatoms. The topological polar surface area (TPSA) is 64.3 Å². The van der Waals surface area contributed by atoms with E-state index in [1.54, 1.807) is 18.6 Å². The van der Waals surface area contributed by atoms with Crippen molar-refractivity contribution in [3.05, 3.63) is 17.7 Å². The number of imidazole rings is 1. The van der Waals surface area contributed by atoms with Gasteiger partial charge in [0.2, 0.25) is 0 Å². The van der Waals surface area contributed by atoms with E-state index in [-0.39, 0.29) is 5.69 Å². The molecule has 0 aliphatic carbocycles. The lowest BCUT2D eigenvalue weighted by molar-refractivity contribution is 0.0683. The Bertz CT molecular complexity index is 320. The molecule has 0 amide bonds. The number of aromatic nitrogens is 2. The summed E-state index contributed by atoms with van der Waals surface area (Å²) < 4.78 is 6.58. The number of nitrogens with zero attached hydrogens (tertiary/aromatic N) is 2. The predicted molar refractivity (Wildman–Crippen MR) is 50.4 cm³/mol. The van der Waals surface area contributed by atoms with Crippen molar-refractivity contribution >= 4 is 5.97 Å². The number of aromatic carboxylic acids is 1. The van der Waals surface area contributed by atoms with Gasteiger partial charge in [-0.1, -0.05) is 0 Å². The fourth-order valence-electron chi connectivity index (χ4n) is 1.29. The molecule has 0 spiro atoms. The van der Waals surface area contributed by atoms with E-state index in [9.17, 15) is 4.79 Å². The number of rotatable bonds is 5. The van der Waals surface area contributed by atoms with Crippen LogP contribution in [0.1, 0.15) is 22.7 Å². The minimum atomic E-state index is -0.942. The molecule has 1 rings (SSSR count). The second kappa shape index (κ2) is 4.76. The lowest BCUT2D eigenvalue weighted by Gasteiger charge is -2.06. The fraction of sp³-hybridized carbons (Fsp3) is 0.556. The molecule has 0 saturated heterocycles. The van der Waals surface area contributed by atoms with Crippen molar-refractivity contribution in [1.82, 2.24) is 9.55 Å². The van der Waals surface area contributed by atoms with Gasteiger partial charge >= 0.3 is 5.97 Å². The minimum absolute atomic E-state index is 0.235. The van der Waals surface area contributed by atoms with E-state index in [1.807, 2.05) is 0 Å². The SMILES string of the molecule is COCCCn1c(C(=O)O)cnc1C. The highest BCUT2D eigenvalue weighted by atomic mass is 16.5. The number of carbonyl (C=O) groups is 1. The number of carboxylic acids is 1. The van der Waals surface area contributed by atoms with Gasteiger partial charge in [0.1, 0.15) is 11.5 Å². The summed E-state index contributed by atoms with van der Waals surface area (Å²) in [5.41, 5.74) is 0.235. The molecule has 1 aromatic heterocycles. The summed E-state index contributed by atoms with van der Waals surface area (Å²) >= 11 is 0. The molecule has 0 aromatic carbocycles. The van der Waals surface area contributed by atoms with Crippen LogP contribution in [0.15, 0.2) is 6.20 Å². The first kappa shape index (κ1) is 10.7. The molecule has 14 heavy (non-hydrogen) atoms. The first-order valence-electron chi connectivity index (χ1n) is 4.41. The van der Waals surface area contributed by atoms with Crippen molar-refractivity contribution < 1.29 is 14.6 Å². The van der Waals surface area contributed by atoms with Gasteiger partial charge in [-0.15, -0.1) is 0 Å². The van der Waals surface area contributed by atoms with Crippen LogP contribution in [0.3, 0.4) is 0 Å². The number of ether oxygens (including phenoxy) is 1.